The maximum Gasteiger partial charge on any atom is 0.122 e. The molecule has 0 saturated heterocycles. The molecular weight excluding hydrogens is 220 g/mol. The van der Waals surface area contributed by atoms with Gasteiger partial charge in [-0.15, -0.1) is 0 Å². The van der Waals surface area contributed by atoms with Gasteiger partial charge in [0.2, 0.25) is 0 Å². The van der Waals surface area contributed by atoms with Crippen molar-refractivity contribution >= 4 is 0 Å². The molecule has 1 heteroatoms. The molecule has 1 aromatic carbocycles. The molecule has 0 amide bonds. The highest BCUT2D eigenvalue weighted by molar-refractivity contribution is 5.33. The predicted octanol–water partition coefficient (Wildman–Crippen LogP) is 5.38. The van der Waals surface area contributed by atoms with Gasteiger partial charge in [-0.25, -0.2) is 0 Å². The lowest BCUT2D eigenvalue weighted by Gasteiger charge is -2.07. The molecule has 1 rings (SSSR count). The minimum atomic E-state index is 1.04. The number of unbranched alkanes of at least 4 members (excludes halogenated alkanes) is 7. The fraction of sp³-hybridized carbons (Fsp3) is 0.647. The van der Waals surface area contributed by atoms with Gasteiger partial charge in [-0.05, 0) is 24.5 Å². The first-order valence-electron chi connectivity index (χ1n) is 7.50. The number of methoxy groups -OCH3 is 1. The Bertz CT molecular complexity index is 306. The summed E-state index contributed by atoms with van der Waals surface area (Å²) in [4.78, 5) is 0. The van der Waals surface area contributed by atoms with Crippen LogP contribution >= 0.6 is 0 Å². The number of hydrogen-bond acceptors (Lipinski definition) is 1. The molecule has 1 aromatic rings. The summed E-state index contributed by atoms with van der Waals surface area (Å²) in [6, 6.07) is 8.37. The molecule has 0 heterocycles. The molecule has 102 valence electrons. The molecule has 0 saturated carbocycles. The van der Waals surface area contributed by atoms with Gasteiger partial charge in [-0.3, -0.25) is 0 Å². The van der Waals surface area contributed by atoms with Gasteiger partial charge >= 0.3 is 0 Å². The first-order valence-corrected chi connectivity index (χ1v) is 7.50. The molecule has 18 heavy (non-hydrogen) atoms. The topological polar surface area (TPSA) is 9.23 Å². The number of aryl methyl sites for hydroxylation is 1. The maximum absolute atomic E-state index is 5.37. The first-order chi connectivity index (χ1) is 8.88. The Morgan fingerprint density at radius 2 is 1.44 bits per heavy atom. The Balaban J connectivity index is 2.07. The average molecular weight is 248 g/mol. The lowest BCUT2D eigenvalue weighted by Crippen LogP contribution is -1.92. The summed E-state index contributed by atoms with van der Waals surface area (Å²) >= 11 is 0. The quantitative estimate of drug-likeness (QED) is 0.505. The molecule has 0 N–H and O–H groups in total. The van der Waals surface area contributed by atoms with Gasteiger partial charge in [0.15, 0.2) is 0 Å². The van der Waals surface area contributed by atoms with Crippen LogP contribution in [0.15, 0.2) is 24.3 Å². The Kier molecular flexibility index (Phi) is 8.37. The number of benzene rings is 1. The van der Waals surface area contributed by atoms with Crippen LogP contribution in [0.1, 0.15) is 63.9 Å². The number of para-hydroxylation sites is 1. The van der Waals surface area contributed by atoms with Gasteiger partial charge in [-0.2, -0.15) is 0 Å². The van der Waals surface area contributed by atoms with Gasteiger partial charge in [0.1, 0.15) is 5.75 Å². The van der Waals surface area contributed by atoms with Crippen molar-refractivity contribution in [3.8, 4) is 5.75 Å². The molecule has 1 nitrogen and oxygen atoms in total. The molecule has 0 aromatic heterocycles. The normalized spacial score (nSPS) is 10.6. The third kappa shape index (κ3) is 6.09. The second-order valence-corrected chi connectivity index (χ2v) is 5.04. The van der Waals surface area contributed by atoms with Crippen LogP contribution in [0.4, 0.5) is 0 Å². The van der Waals surface area contributed by atoms with E-state index >= 15 is 0 Å². The summed E-state index contributed by atoms with van der Waals surface area (Å²) in [5.74, 6) is 1.04. The molecule has 0 spiro atoms. The van der Waals surface area contributed by atoms with E-state index in [4.69, 9.17) is 4.74 Å². The van der Waals surface area contributed by atoms with Crippen molar-refractivity contribution in [3.63, 3.8) is 0 Å². The van der Waals surface area contributed by atoms with E-state index < -0.39 is 0 Å². The Hall–Kier alpha value is -0.980. The number of hydrogen-bond donors (Lipinski definition) is 0. The lowest BCUT2D eigenvalue weighted by molar-refractivity contribution is 0.408. The highest BCUT2D eigenvalue weighted by Crippen LogP contribution is 2.20. The van der Waals surface area contributed by atoms with E-state index in [9.17, 15) is 0 Å². The SMILES string of the molecule is CCCCCCCCCCc1ccccc1OC. The van der Waals surface area contributed by atoms with Crippen LogP contribution < -0.4 is 4.74 Å². The van der Waals surface area contributed by atoms with E-state index in [1.807, 2.05) is 6.07 Å². The minimum Gasteiger partial charge on any atom is -0.496 e. The van der Waals surface area contributed by atoms with Crippen LogP contribution in [-0.2, 0) is 6.42 Å². The smallest absolute Gasteiger partial charge is 0.122 e. The summed E-state index contributed by atoms with van der Waals surface area (Å²) in [5.41, 5.74) is 1.35. The Labute approximate surface area is 113 Å². The summed E-state index contributed by atoms with van der Waals surface area (Å²) < 4.78 is 5.37. The molecule has 0 aliphatic carbocycles. The second kappa shape index (κ2) is 9.99. The second-order valence-electron chi connectivity index (χ2n) is 5.04. The van der Waals surface area contributed by atoms with Crippen LogP contribution in [0.25, 0.3) is 0 Å². The van der Waals surface area contributed by atoms with E-state index in [-0.39, 0.29) is 0 Å². The third-order valence-electron chi connectivity index (χ3n) is 3.49. The molecule has 0 bridgehead atoms. The van der Waals surface area contributed by atoms with Crippen LogP contribution in [0.2, 0.25) is 0 Å². The fourth-order valence-electron chi connectivity index (χ4n) is 2.36. The maximum atomic E-state index is 5.37. The van der Waals surface area contributed by atoms with Crippen LogP contribution in [-0.4, -0.2) is 7.11 Å². The number of ether oxygens (including phenoxy) is 1. The van der Waals surface area contributed by atoms with Gasteiger partial charge in [0.05, 0.1) is 7.11 Å². The van der Waals surface area contributed by atoms with Crippen molar-refractivity contribution in [2.45, 2.75) is 64.7 Å². The average Bonchev–Trinajstić information content (AvgIpc) is 2.42. The van der Waals surface area contributed by atoms with Crippen molar-refractivity contribution in [3.05, 3.63) is 29.8 Å². The monoisotopic (exact) mass is 248 g/mol. The number of rotatable bonds is 10. The van der Waals surface area contributed by atoms with E-state index in [0.717, 1.165) is 12.2 Å². The van der Waals surface area contributed by atoms with Gasteiger partial charge in [0, 0.05) is 0 Å². The Morgan fingerprint density at radius 3 is 2.11 bits per heavy atom. The van der Waals surface area contributed by atoms with E-state index in [0.29, 0.717) is 0 Å². The highest BCUT2D eigenvalue weighted by Gasteiger charge is 2.00. The molecule has 0 aliphatic heterocycles. The molecule has 0 radical (unpaired) electrons. The zero-order valence-electron chi connectivity index (χ0n) is 12.1. The first kappa shape index (κ1) is 15.1. The van der Waals surface area contributed by atoms with Gasteiger partial charge in [0.25, 0.3) is 0 Å². The van der Waals surface area contributed by atoms with Gasteiger partial charge < -0.3 is 4.74 Å². The molecular formula is C17H28O. The predicted molar refractivity (Wildman–Crippen MR) is 79.3 cm³/mol. The zero-order valence-corrected chi connectivity index (χ0v) is 12.1. The highest BCUT2D eigenvalue weighted by atomic mass is 16.5. The van der Waals surface area contributed by atoms with Crippen LogP contribution in [0.5, 0.6) is 5.75 Å². The largest absolute Gasteiger partial charge is 0.496 e. The molecule has 0 atom stereocenters. The van der Waals surface area contributed by atoms with Gasteiger partial charge in [-0.1, -0.05) is 70.1 Å². The summed E-state index contributed by atoms with van der Waals surface area (Å²) in [7, 11) is 1.76. The lowest BCUT2D eigenvalue weighted by atomic mass is 10.0. The van der Waals surface area contributed by atoms with E-state index in [1.54, 1.807) is 7.11 Å². The third-order valence-corrected chi connectivity index (χ3v) is 3.49. The van der Waals surface area contributed by atoms with Crippen LogP contribution in [0, 0.1) is 0 Å². The molecule has 0 unspecified atom stereocenters. The summed E-state index contributed by atoms with van der Waals surface area (Å²) in [6.07, 6.45) is 12.2. The van der Waals surface area contributed by atoms with E-state index in [1.165, 1.54) is 56.9 Å². The zero-order chi connectivity index (χ0) is 13.1. The standard InChI is InChI=1S/C17H28O/c1-3-4-5-6-7-8-9-10-13-16-14-11-12-15-17(16)18-2/h11-12,14-15H,3-10,13H2,1-2H3. The summed E-state index contributed by atoms with van der Waals surface area (Å²) in [6.45, 7) is 2.27. The molecule has 0 fully saturated rings. The van der Waals surface area contributed by atoms with E-state index in [2.05, 4.69) is 25.1 Å². The van der Waals surface area contributed by atoms with Crippen molar-refractivity contribution in [1.82, 2.24) is 0 Å². The Morgan fingerprint density at radius 1 is 0.833 bits per heavy atom. The van der Waals surface area contributed by atoms with Crippen molar-refractivity contribution < 1.29 is 4.74 Å². The fourth-order valence-corrected chi connectivity index (χ4v) is 2.36. The van der Waals surface area contributed by atoms with Crippen LogP contribution in [0.3, 0.4) is 0 Å². The molecule has 0 aliphatic rings. The van der Waals surface area contributed by atoms with Crippen molar-refractivity contribution in [2.24, 2.45) is 0 Å². The van der Waals surface area contributed by atoms with Crippen molar-refractivity contribution in [1.29, 1.82) is 0 Å². The summed E-state index contributed by atoms with van der Waals surface area (Å²) in [5, 5.41) is 0. The minimum absolute atomic E-state index is 1.04. The van der Waals surface area contributed by atoms with Crippen molar-refractivity contribution in [2.75, 3.05) is 7.11 Å².